The topological polar surface area (TPSA) is 57.9 Å². The van der Waals surface area contributed by atoms with Crippen LogP contribution in [0.3, 0.4) is 0 Å². The average molecular weight is 432 g/mol. The first-order valence-electron chi connectivity index (χ1n) is 6.54. The van der Waals surface area contributed by atoms with Crippen molar-refractivity contribution in [2.45, 2.75) is 17.9 Å². The molecule has 1 aromatic carbocycles. The van der Waals surface area contributed by atoms with Crippen molar-refractivity contribution >= 4 is 37.8 Å². The molecule has 3 rings (SSSR count). The fourth-order valence-corrected chi connectivity index (χ4v) is 3.06. The van der Waals surface area contributed by atoms with E-state index in [4.69, 9.17) is 18.6 Å². The number of benzene rings is 1. The first kappa shape index (κ1) is 15.4. The van der Waals surface area contributed by atoms with Crippen LogP contribution < -0.4 is 9.47 Å². The maximum atomic E-state index is 12.1. The largest absolute Gasteiger partial charge is 0.457 e. The maximum Gasteiger partial charge on any atom is 0.374 e. The molecule has 0 N–H and O–H groups in total. The predicted octanol–water partition coefficient (Wildman–Crippen LogP) is 4.45. The lowest BCUT2D eigenvalue weighted by molar-refractivity contribution is 0.0266. The Hall–Kier alpha value is -1.47. The van der Waals surface area contributed by atoms with Crippen LogP contribution in [0.25, 0.3) is 0 Å². The predicted molar refractivity (Wildman–Crippen MR) is 85.5 cm³/mol. The van der Waals surface area contributed by atoms with Gasteiger partial charge in [0.05, 0.1) is 11.1 Å². The van der Waals surface area contributed by atoms with E-state index >= 15 is 0 Å². The zero-order valence-electron chi connectivity index (χ0n) is 11.5. The minimum Gasteiger partial charge on any atom is -0.457 e. The smallest absolute Gasteiger partial charge is 0.374 e. The molecular weight excluding hydrogens is 420 g/mol. The molecule has 0 saturated carbocycles. The lowest BCUT2D eigenvalue weighted by Crippen LogP contribution is -2.18. The number of hydrogen-bond acceptors (Lipinski definition) is 5. The van der Waals surface area contributed by atoms with Crippen LogP contribution in [-0.2, 0) is 4.74 Å². The van der Waals surface area contributed by atoms with Crippen molar-refractivity contribution in [2.75, 3.05) is 6.79 Å². The zero-order chi connectivity index (χ0) is 15.7. The van der Waals surface area contributed by atoms with Crippen molar-refractivity contribution in [3.8, 4) is 11.5 Å². The number of fused-ring (bicyclic) bond motifs is 1. The standard InChI is InChI=1S/C15H12Br2O5/c1-8(16)14(22-15(18)11-3-2-4-19-11)9-5-12-13(6-10(9)17)21-7-20-12/h2-6,8,14H,7H2,1H3/t8-,14-/m0/s1. The Morgan fingerprint density at radius 3 is 2.68 bits per heavy atom. The van der Waals surface area contributed by atoms with Crippen LogP contribution in [0.4, 0.5) is 0 Å². The van der Waals surface area contributed by atoms with Crippen LogP contribution in [0.5, 0.6) is 11.5 Å². The number of esters is 1. The lowest BCUT2D eigenvalue weighted by Gasteiger charge is -2.21. The normalized spacial score (nSPS) is 15.4. The Kier molecular flexibility index (Phi) is 4.44. The van der Waals surface area contributed by atoms with Gasteiger partial charge in [-0.15, -0.1) is 0 Å². The highest BCUT2D eigenvalue weighted by atomic mass is 79.9. The van der Waals surface area contributed by atoms with E-state index in [1.165, 1.54) is 6.26 Å². The number of carbonyl (C=O) groups is 1. The van der Waals surface area contributed by atoms with E-state index in [-0.39, 0.29) is 17.4 Å². The third-order valence-electron chi connectivity index (χ3n) is 3.17. The minimum atomic E-state index is -0.522. The van der Waals surface area contributed by atoms with Gasteiger partial charge in [-0.2, -0.15) is 0 Å². The van der Waals surface area contributed by atoms with Gasteiger partial charge in [-0.25, -0.2) is 4.79 Å². The minimum absolute atomic E-state index is 0.108. The quantitative estimate of drug-likeness (QED) is 0.528. The van der Waals surface area contributed by atoms with Crippen LogP contribution in [-0.4, -0.2) is 17.6 Å². The SMILES string of the molecule is C[C@H](Br)[C@H](OC(=O)c1ccco1)c1cc2c(cc1Br)OCO2. The van der Waals surface area contributed by atoms with Crippen molar-refractivity contribution in [1.29, 1.82) is 0 Å². The van der Waals surface area contributed by atoms with Gasteiger partial charge in [0.1, 0.15) is 6.10 Å². The van der Waals surface area contributed by atoms with E-state index in [1.54, 1.807) is 18.2 Å². The summed E-state index contributed by atoms with van der Waals surface area (Å²) < 4.78 is 22.1. The highest BCUT2D eigenvalue weighted by Crippen LogP contribution is 2.41. The van der Waals surface area contributed by atoms with Gasteiger partial charge < -0.3 is 18.6 Å². The van der Waals surface area contributed by atoms with Gasteiger partial charge in [-0.05, 0) is 31.2 Å². The van der Waals surface area contributed by atoms with E-state index in [0.717, 1.165) is 10.0 Å². The van der Waals surface area contributed by atoms with Gasteiger partial charge in [0.2, 0.25) is 12.6 Å². The number of ether oxygens (including phenoxy) is 3. The second kappa shape index (κ2) is 6.34. The summed E-state index contributed by atoms with van der Waals surface area (Å²) in [7, 11) is 0. The van der Waals surface area contributed by atoms with E-state index in [1.807, 2.05) is 13.0 Å². The van der Waals surface area contributed by atoms with Crippen molar-refractivity contribution in [3.63, 3.8) is 0 Å². The lowest BCUT2D eigenvalue weighted by atomic mass is 10.1. The number of rotatable bonds is 4. The summed E-state index contributed by atoms with van der Waals surface area (Å²) in [4.78, 5) is 12.0. The summed E-state index contributed by atoms with van der Waals surface area (Å²) in [6.07, 6.45) is 0.918. The van der Waals surface area contributed by atoms with Gasteiger partial charge in [0.15, 0.2) is 11.5 Å². The Morgan fingerprint density at radius 1 is 1.32 bits per heavy atom. The summed E-state index contributed by atoms with van der Waals surface area (Å²) in [6, 6.07) is 6.82. The van der Waals surface area contributed by atoms with E-state index in [0.29, 0.717) is 11.5 Å². The molecule has 0 spiro atoms. The molecule has 0 amide bonds. The molecule has 1 aliphatic heterocycles. The fraction of sp³-hybridized carbons (Fsp3) is 0.267. The molecule has 7 heteroatoms. The average Bonchev–Trinajstić information content (AvgIpc) is 3.14. The summed E-state index contributed by atoms with van der Waals surface area (Å²) in [6.45, 7) is 2.09. The molecule has 22 heavy (non-hydrogen) atoms. The molecule has 2 aromatic rings. The molecule has 1 aliphatic rings. The van der Waals surface area contributed by atoms with Crippen LogP contribution in [0.1, 0.15) is 29.1 Å². The number of furan rings is 1. The Labute approximate surface area is 143 Å². The summed E-state index contributed by atoms with van der Waals surface area (Å²) in [5.41, 5.74) is 0.786. The zero-order valence-corrected chi connectivity index (χ0v) is 14.7. The van der Waals surface area contributed by atoms with Gasteiger partial charge in [0, 0.05) is 10.0 Å². The third kappa shape index (κ3) is 3.01. The number of carbonyl (C=O) groups excluding carboxylic acids is 1. The first-order chi connectivity index (χ1) is 10.6. The molecule has 116 valence electrons. The van der Waals surface area contributed by atoms with Gasteiger partial charge >= 0.3 is 5.97 Å². The van der Waals surface area contributed by atoms with Crippen LogP contribution in [0, 0.1) is 0 Å². The summed E-state index contributed by atoms with van der Waals surface area (Å²) >= 11 is 6.97. The van der Waals surface area contributed by atoms with Crippen LogP contribution >= 0.6 is 31.9 Å². The highest BCUT2D eigenvalue weighted by Gasteiger charge is 2.28. The Balaban J connectivity index is 1.90. The molecule has 0 fully saturated rings. The molecule has 0 bridgehead atoms. The Morgan fingerprint density at radius 2 is 2.05 bits per heavy atom. The second-order valence-electron chi connectivity index (χ2n) is 4.71. The van der Waals surface area contributed by atoms with Crippen molar-refractivity contribution in [3.05, 3.63) is 46.3 Å². The van der Waals surface area contributed by atoms with Crippen molar-refractivity contribution in [2.24, 2.45) is 0 Å². The first-order valence-corrected chi connectivity index (χ1v) is 8.24. The number of halogens is 2. The van der Waals surface area contributed by atoms with Gasteiger partial charge in [0.25, 0.3) is 0 Å². The van der Waals surface area contributed by atoms with E-state index < -0.39 is 12.1 Å². The summed E-state index contributed by atoms with van der Waals surface area (Å²) in [5, 5.41) is 0. The second-order valence-corrected chi connectivity index (χ2v) is 7.01. The van der Waals surface area contributed by atoms with Gasteiger partial charge in [-0.1, -0.05) is 31.9 Å². The van der Waals surface area contributed by atoms with Crippen molar-refractivity contribution in [1.82, 2.24) is 0 Å². The molecule has 0 unspecified atom stereocenters. The monoisotopic (exact) mass is 430 g/mol. The molecule has 0 aliphatic carbocycles. The van der Waals surface area contributed by atoms with Crippen LogP contribution in [0.2, 0.25) is 0 Å². The maximum absolute atomic E-state index is 12.1. The molecule has 2 heterocycles. The fourth-order valence-electron chi connectivity index (χ4n) is 2.12. The van der Waals surface area contributed by atoms with E-state index in [9.17, 15) is 4.79 Å². The molecule has 0 radical (unpaired) electrons. The molecule has 1 aromatic heterocycles. The van der Waals surface area contributed by atoms with Crippen LogP contribution in [0.15, 0.2) is 39.4 Å². The third-order valence-corrected chi connectivity index (χ3v) is 4.34. The van der Waals surface area contributed by atoms with Crippen molar-refractivity contribution < 1.29 is 23.4 Å². The molecule has 2 atom stereocenters. The molecular formula is C15H12Br2O5. The summed E-state index contributed by atoms with van der Waals surface area (Å²) in [5.74, 6) is 0.931. The highest BCUT2D eigenvalue weighted by molar-refractivity contribution is 9.10. The number of hydrogen-bond donors (Lipinski definition) is 0. The number of alkyl halides is 1. The van der Waals surface area contributed by atoms with E-state index in [2.05, 4.69) is 31.9 Å². The molecule has 0 saturated heterocycles. The van der Waals surface area contributed by atoms with Gasteiger partial charge in [-0.3, -0.25) is 0 Å². The molecule has 5 nitrogen and oxygen atoms in total. The Bertz CT molecular complexity index is 681.